The van der Waals surface area contributed by atoms with Crippen LogP contribution in [-0.2, 0) is 16.0 Å². The van der Waals surface area contributed by atoms with Crippen molar-refractivity contribution in [1.82, 2.24) is 5.32 Å². The van der Waals surface area contributed by atoms with Crippen molar-refractivity contribution in [1.29, 1.82) is 0 Å². The van der Waals surface area contributed by atoms with Crippen LogP contribution in [0.25, 0.3) is 0 Å². The summed E-state index contributed by atoms with van der Waals surface area (Å²) < 4.78 is 10.8. The summed E-state index contributed by atoms with van der Waals surface area (Å²) in [6.07, 6.45) is 0.137. The Labute approximate surface area is 111 Å². The molecule has 3 nitrogen and oxygen atoms in total. The molecule has 17 heavy (non-hydrogen) atoms. The summed E-state index contributed by atoms with van der Waals surface area (Å²) >= 11 is 11.8. The lowest BCUT2D eigenvalue weighted by Crippen LogP contribution is -2.37. The predicted octanol–water partition coefficient (Wildman–Crippen LogP) is 2.50. The highest BCUT2D eigenvalue weighted by Gasteiger charge is 2.13. The molecule has 1 aliphatic rings. The van der Waals surface area contributed by atoms with Crippen LogP contribution >= 0.6 is 23.2 Å². The van der Waals surface area contributed by atoms with Gasteiger partial charge < -0.3 is 14.8 Å². The molecule has 1 heterocycles. The van der Waals surface area contributed by atoms with Gasteiger partial charge in [-0.15, -0.1) is 0 Å². The van der Waals surface area contributed by atoms with E-state index in [-0.39, 0.29) is 6.10 Å². The molecule has 0 aliphatic carbocycles. The zero-order chi connectivity index (χ0) is 12.1. The molecule has 1 aromatic rings. The van der Waals surface area contributed by atoms with Crippen molar-refractivity contribution in [3.05, 3.63) is 33.8 Å². The molecule has 0 bridgehead atoms. The average Bonchev–Trinajstić information content (AvgIpc) is 2.29. The SMILES string of the molecule is Clc1cc(Cl)cc(CNCC2COCCO2)c1. The zero-order valence-corrected chi connectivity index (χ0v) is 10.9. The summed E-state index contributed by atoms with van der Waals surface area (Å²) in [7, 11) is 0. The minimum atomic E-state index is 0.137. The quantitative estimate of drug-likeness (QED) is 0.916. The van der Waals surface area contributed by atoms with E-state index in [0.29, 0.717) is 29.9 Å². The molecular formula is C12H15Cl2NO2. The lowest BCUT2D eigenvalue weighted by atomic mass is 10.2. The highest BCUT2D eigenvalue weighted by atomic mass is 35.5. The Hall–Kier alpha value is -0.320. The smallest absolute Gasteiger partial charge is 0.0933 e. The van der Waals surface area contributed by atoms with Crippen LogP contribution in [0, 0.1) is 0 Å². The summed E-state index contributed by atoms with van der Waals surface area (Å²) in [5.41, 5.74) is 1.07. The van der Waals surface area contributed by atoms with Crippen molar-refractivity contribution >= 4 is 23.2 Å². The zero-order valence-electron chi connectivity index (χ0n) is 9.42. The van der Waals surface area contributed by atoms with E-state index in [4.69, 9.17) is 32.7 Å². The molecule has 0 spiro atoms. The molecule has 94 valence electrons. The number of benzene rings is 1. The van der Waals surface area contributed by atoms with Crippen molar-refractivity contribution in [3.63, 3.8) is 0 Å². The van der Waals surface area contributed by atoms with Crippen LogP contribution in [0.5, 0.6) is 0 Å². The first-order chi connectivity index (χ1) is 8.24. The van der Waals surface area contributed by atoms with E-state index in [0.717, 1.165) is 18.7 Å². The fraction of sp³-hybridized carbons (Fsp3) is 0.500. The van der Waals surface area contributed by atoms with Crippen molar-refractivity contribution in [2.24, 2.45) is 0 Å². The Bertz CT molecular complexity index is 347. The van der Waals surface area contributed by atoms with Gasteiger partial charge in [0.05, 0.1) is 25.9 Å². The highest BCUT2D eigenvalue weighted by molar-refractivity contribution is 6.34. The fourth-order valence-corrected chi connectivity index (χ4v) is 2.32. The number of hydrogen-bond donors (Lipinski definition) is 1. The third-order valence-corrected chi connectivity index (χ3v) is 2.94. The van der Waals surface area contributed by atoms with E-state index >= 15 is 0 Å². The summed E-state index contributed by atoms with van der Waals surface area (Å²) in [6.45, 7) is 3.52. The van der Waals surface area contributed by atoms with E-state index in [2.05, 4.69) is 5.32 Å². The monoisotopic (exact) mass is 275 g/mol. The Balaban J connectivity index is 1.77. The van der Waals surface area contributed by atoms with Crippen LogP contribution in [0.2, 0.25) is 10.0 Å². The Morgan fingerprint density at radius 3 is 2.59 bits per heavy atom. The van der Waals surface area contributed by atoms with Crippen molar-refractivity contribution in [3.8, 4) is 0 Å². The summed E-state index contributed by atoms with van der Waals surface area (Å²) in [5, 5.41) is 4.62. The topological polar surface area (TPSA) is 30.5 Å². The summed E-state index contributed by atoms with van der Waals surface area (Å²) in [5.74, 6) is 0. The number of ether oxygens (including phenoxy) is 2. The molecule has 1 saturated heterocycles. The molecule has 1 aromatic carbocycles. The van der Waals surface area contributed by atoms with Gasteiger partial charge in [0.1, 0.15) is 0 Å². The standard InChI is InChI=1S/C12H15Cl2NO2/c13-10-3-9(4-11(14)5-10)6-15-7-12-8-16-1-2-17-12/h3-5,12,15H,1-2,6-8H2. The lowest BCUT2D eigenvalue weighted by Gasteiger charge is -2.23. The molecular weight excluding hydrogens is 261 g/mol. The van der Waals surface area contributed by atoms with Gasteiger partial charge in [-0.2, -0.15) is 0 Å². The summed E-state index contributed by atoms with van der Waals surface area (Å²) in [6, 6.07) is 5.53. The normalized spacial score (nSPS) is 20.5. The van der Waals surface area contributed by atoms with E-state index < -0.39 is 0 Å². The number of hydrogen-bond acceptors (Lipinski definition) is 3. The first kappa shape index (κ1) is 13.1. The van der Waals surface area contributed by atoms with Crippen LogP contribution in [0.3, 0.4) is 0 Å². The van der Waals surface area contributed by atoms with Gasteiger partial charge >= 0.3 is 0 Å². The third-order valence-electron chi connectivity index (χ3n) is 2.51. The lowest BCUT2D eigenvalue weighted by molar-refractivity contribution is -0.0864. The van der Waals surface area contributed by atoms with Crippen molar-refractivity contribution in [2.75, 3.05) is 26.4 Å². The van der Waals surface area contributed by atoms with Gasteiger partial charge in [0.25, 0.3) is 0 Å². The molecule has 1 N–H and O–H groups in total. The van der Waals surface area contributed by atoms with E-state index in [1.807, 2.05) is 12.1 Å². The Morgan fingerprint density at radius 2 is 1.94 bits per heavy atom. The maximum atomic E-state index is 5.92. The van der Waals surface area contributed by atoms with Gasteiger partial charge in [0.2, 0.25) is 0 Å². The largest absolute Gasteiger partial charge is 0.376 e. The molecule has 2 rings (SSSR count). The molecule has 1 aliphatic heterocycles. The minimum absolute atomic E-state index is 0.137. The molecule has 0 aromatic heterocycles. The van der Waals surface area contributed by atoms with Gasteiger partial charge in [-0.1, -0.05) is 23.2 Å². The number of nitrogens with one attached hydrogen (secondary N) is 1. The average molecular weight is 276 g/mol. The molecule has 1 unspecified atom stereocenters. The van der Waals surface area contributed by atoms with E-state index in [1.54, 1.807) is 6.07 Å². The van der Waals surface area contributed by atoms with Crippen molar-refractivity contribution < 1.29 is 9.47 Å². The third kappa shape index (κ3) is 4.45. The molecule has 1 fully saturated rings. The maximum Gasteiger partial charge on any atom is 0.0933 e. The molecule has 0 saturated carbocycles. The van der Waals surface area contributed by atoms with Gasteiger partial charge in [0, 0.05) is 23.1 Å². The highest BCUT2D eigenvalue weighted by Crippen LogP contribution is 2.18. The van der Waals surface area contributed by atoms with Gasteiger partial charge in [-0.3, -0.25) is 0 Å². The van der Waals surface area contributed by atoms with Crippen molar-refractivity contribution in [2.45, 2.75) is 12.6 Å². The van der Waals surface area contributed by atoms with Crippen LogP contribution in [-0.4, -0.2) is 32.5 Å². The minimum Gasteiger partial charge on any atom is -0.376 e. The van der Waals surface area contributed by atoms with Crippen LogP contribution in [0.15, 0.2) is 18.2 Å². The second-order valence-corrected chi connectivity index (χ2v) is 4.85. The first-order valence-electron chi connectivity index (χ1n) is 5.59. The van der Waals surface area contributed by atoms with Gasteiger partial charge in [-0.05, 0) is 23.8 Å². The van der Waals surface area contributed by atoms with Crippen LogP contribution in [0.1, 0.15) is 5.56 Å². The van der Waals surface area contributed by atoms with Crippen LogP contribution in [0.4, 0.5) is 0 Å². The van der Waals surface area contributed by atoms with Gasteiger partial charge in [-0.25, -0.2) is 0 Å². The number of rotatable bonds is 4. The van der Waals surface area contributed by atoms with E-state index in [9.17, 15) is 0 Å². The maximum absolute atomic E-state index is 5.92. The second-order valence-electron chi connectivity index (χ2n) is 3.98. The van der Waals surface area contributed by atoms with Crippen LogP contribution < -0.4 is 5.32 Å². The molecule has 5 heteroatoms. The second kappa shape index (κ2) is 6.57. The molecule has 1 atom stereocenters. The van der Waals surface area contributed by atoms with E-state index in [1.165, 1.54) is 0 Å². The van der Waals surface area contributed by atoms with Gasteiger partial charge in [0.15, 0.2) is 0 Å². The fourth-order valence-electron chi connectivity index (χ4n) is 1.74. The predicted molar refractivity (Wildman–Crippen MR) is 68.7 cm³/mol. The first-order valence-corrected chi connectivity index (χ1v) is 6.34. The number of halogens is 2. The summed E-state index contributed by atoms with van der Waals surface area (Å²) in [4.78, 5) is 0. The Kier molecular flexibility index (Phi) is 5.07. The Morgan fingerprint density at radius 1 is 1.18 bits per heavy atom. The molecule has 0 radical (unpaired) electrons. The molecule has 0 amide bonds.